The monoisotopic (exact) mass is 344 g/mol. The lowest BCUT2D eigenvalue weighted by molar-refractivity contribution is 0.924. The molecule has 0 unspecified atom stereocenters. The summed E-state index contributed by atoms with van der Waals surface area (Å²) in [6, 6.07) is 11.6. The highest BCUT2D eigenvalue weighted by molar-refractivity contribution is 7.80. The quantitative estimate of drug-likeness (QED) is 0.565. The Morgan fingerprint density at radius 2 is 1.35 bits per heavy atom. The van der Waals surface area contributed by atoms with Crippen LogP contribution in [0.1, 0.15) is 40.7 Å². The van der Waals surface area contributed by atoms with Crippen LogP contribution in [0.3, 0.4) is 0 Å². The van der Waals surface area contributed by atoms with Crippen molar-refractivity contribution in [3.05, 3.63) is 58.1 Å². The van der Waals surface area contributed by atoms with Crippen LogP contribution in [0.5, 0.6) is 0 Å². The molecule has 0 aliphatic carbocycles. The van der Waals surface area contributed by atoms with Gasteiger partial charge in [0.25, 0.3) is 0 Å². The lowest BCUT2D eigenvalue weighted by atomic mass is 9.87. The number of hydrogen-bond acceptors (Lipinski definition) is 2. The van der Waals surface area contributed by atoms with E-state index in [1.165, 1.54) is 38.9 Å². The summed E-state index contributed by atoms with van der Waals surface area (Å²) in [5.74, 6) is 1.87. The van der Waals surface area contributed by atoms with Gasteiger partial charge in [-0.05, 0) is 85.8 Å². The molecule has 0 nitrogen and oxygen atoms in total. The lowest BCUT2D eigenvalue weighted by Gasteiger charge is -2.18. The van der Waals surface area contributed by atoms with Crippen LogP contribution in [0.4, 0.5) is 0 Å². The molecular formula is C21H28S2. The Kier molecular flexibility index (Phi) is 7.10. The SMILES string of the molecule is Cc1ccc(-c2c(C)cc(C)cc2CCCS)c(CCCS)c1. The Hall–Kier alpha value is -0.860. The topological polar surface area (TPSA) is 0 Å². The maximum absolute atomic E-state index is 4.40. The van der Waals surface area contributed by atoms with Crippen molar-refractivity contribution in [2.45, 2.75) is 46.5 Å². The molecule has 0 atom stereocenters. The standard InChI is InChI=1S/C21H28S2/c1-15-8-9-20(18(13-15)6-4-10-22)21-17(3)12-16(2)14-19(21)7-5-11-23/h8-9,12-14,22-23H,4-7,10-11H2,1-3H3. The highest BCUT2D eigenvalue weighted by Gasteiger charge is 2.13. The molecule has 0 radical (unpaired) electrons. The summed E-state index contributed by atoms with van der Waals surface area (Å²) in [5, 5.41) is 0. The highest BCUT2D eigenvalue weighted by Crippen LogP contribution is 2.33. The molecule has 0 saturated carbocycles. The average Bonchev–Trinajstić information content (AvgIpc) is 2.51. The van der Waals surface area contributed by atoms with Crippen LogP contribution in [0.2, 0.25) is 0 Å². The fraction of sp³-hybridized carbons (Fsp3) is 0.429. The van der Waals surface area contributed by atoms with Gasteiger partial charge in [0, 0.05) is 0 Å². The number of thiol groups is 2. The van der Waals surface area contributed by atoms with Gasteiger partial charge in [-0.3, -0.25) is 0 Å². The van der Waals surface area contributed by atoms with E-state index in [2.05, 4.69) is 76.4 Å². The van der Waals surface area contributed by atoms with E-state index in [-0.39, 0.29) is 0 Å². The number of hydrogen-bond donors (Lipinski definition) is 2. The summed E-state index contributed by atoms with van der Waals surface area (Å²) < 4.78 is 0. The third kappa shape index (κ3) is 4.81. The van der Waals surface area contributed by atoms with E-state index in [1.807, 2.05) is 0 Å². The molecule has 0 fully saturated rings. The zero-order chi connectivity index (χ0) is 16.8. The van der Waals surface area contributed by atoms with Crippen molar-refractivity contribution in [2.75, 3.05) is 11.5 Å². The van der Waals surface area contributed by atoms with Gasteiger partial charge in [-0.2, -0.15) is 25.3 Å². The maximum atomic E-state index is 4.40. The van der Waals surface area contributed by atoms with Gasteiger partial charge in [0.1, 0.15) is 0 Å². The van der Waals surface area contributed by atoms with Gasteiger partial charge in [-0.25, -0.2) is 0 Å². The molecule has 2 rings (SSSR count). The largest absolute Gasteiger partial charge is 0.179 e. The zero-order valence-corrected chi connectivity index (χ0v) is 16.3. The third-order valence-electron chi connectivity index (χ3n) is 4.30. The highest BCUT2D eigenvalue weighted by atomic mass is 32.1. The predicted molar refractivity (Wildman–Crippen MR) is 110 cm³/mol. The smallest absolute Gasteiger partial charge is 0.00947 e. The zero-order valence-electron chi connectivity index (χ0n) is 14.5. The molecular weight excluding hydrogens is 316 g/mol. The summed E-state index contributed by atoms with van der Waals surface area (Å²) in [4.78, 5) is 0. The number of aryl methyl sites for hydroxylation is 5. The van der Waals surface area contributed by atoms with Gasteiger partial charge in [-0.1, -0.05) is 41.5 Å². The molecule has 0 aliphatic rings. The minimum Gasteiger partial charge on any atom is -0.179 e. The molecule has 0 spiro atoms. The van der Waals surface area contributed by atoms with E-state index in [4.69, 9.17) is 0 Å². The first-order chi connectivity index (χ1) is 11.1. The van der Waals surface area contributed by atoms with Crippen molar-refractivity contribution >= 4 is 25.3 Å². The van der Waals surface area contributed by atoms with Crippen LogP contribution in [0, 0.1) is 20.8 Å². The Bertz CT molecular complexity index is 659. The average molecular weight is 345 g/mol. The summed E-state index contributed by atoms with van der Waals surface area (Å²) in [5.41, 5.74) is 9.84. The van der Waals surface area contributed by atoms with Gasteiger partial charge in [0.05, 0.1) is 0 Å². The summed E-state index contributed by atoms with van der Waals surface area (Å²) in [7, 11) is 0. The van der Waals surface area contributed by atoms with Crippen molar-refractivity contribution in [1.29, 1.82) is 0 Å². The Morgan fingerprint density at radius 1 is 0.739 bits per heavy atom. The molecule has 0 aromatic heterocycles. The molecule has 124 valence electrons. The number of benzene rings is 2. The van der Waals surface area contributed by atoms with Gasteiger partial charge >= 0.3 is 0 Å². The fourth-order valence-electron chi connectivity index (χ4n) is 3.35. The Balaban J connectivity index is 2.56. The van der Waals surface area contributed by atoms with Crippen molar-refractivity contribution in [1.82, 2.24) is 0 Å². The van der Waals surface area contributed by atoms with Crippen molar-refractivity contribution < 1.29 is 0 Å². The Labute approximate surface area is 152 Å². The van der Waals surface area contributed by atoms with E-state index in [0.29, 0.717) is 0 Å². The fourth-order valence-corrected chi connectivity index (χ4v) is 3.67. The minimum atomic E-state index is 0.937. The second-order valence-electron chi connectivity index (χ2n) is 6.43. The molecule has 2 heteroatoms. The van der Waals surface area contributed by atoms with E-state index in [0.717, 1.165) is 37.2 Å². The van der Waals surface area contributed by atoms with Gasteiger partial charge in [0.15, 0.2) is 0 Å². The van der Waals surface area contributed by atoms with Gasteiger partial charge in [0.2, 0.25) is 0 Å². The van der Waals surface area contributed by atoms with Gasteiger partial charge in [-0.15, -0.1) is 0 Å². The second kappa shape index (κ2) is 8.84. The number of rotatable bonds is 7. The summed E-state index contributed by atoms with van der Waals surface area (Å²) in [6.07, 6.45) is 4.44. The first kappa shape index (κ1) is 18.5. The maximum Gasteiger partial charge on any atom is -0.00947 e. The van der Waals surface area contributed by atoms with Gasteiger partial charge < -0.3 is 0 Å². The van der Waals surface area contributed by atoms with Crippen molar-refractivity contribution in [3.63, 3.8) is 0 Å². The van der Waals surface area contributed by atoms with Crippen LogP contribution in [-0.4, -0.2) is 11.5 Å². The molecule has 23 heavy (non-hydrogen) atoms. The van der Waals surface area contributed by atoms with Crippen LogP contribution in [-0.2, 0) is 12.8 Å². The molecule has 0 amide bonds. The van der Waals surface area contributed by atoms with Crippen LogP contribution < -0.4 is 0 Å². The summed E-state index contributed by atoms with van der Waals surface area (Å²) in [6.45, 7) is 6.62. The van der Waals surface area contributed by atoms with Crippen LogP contribution in [0.15, 0.2) is 30.3 Å². The summed E-state index contributed by atoms with van der Waals surface area (Å²) >= 11 is 8.79. The first-order valence-electron chi connectivity index (χ1n) is 8.48. The molecule has 0 aliphatic heterocycles. The van der Waals surface area contributed by atoms with Crippen LogP contribution >= 0.6 is 25.3 Å². The van der Waals surface area contributed by atoms with Crippen molar-refractivity contribution in [2.24, 2.45) is 0 Å². The third-order valence-corrected chi connectivity index (χ3v) is 4.93. The predicted octanol–water partition coefficient (Wildman–Crippen LogP) is 6.00. The molecule has 0 bridgehead atoms. The Morgan fingerprint density at radius 3 is 2.00 bits per heavy atom. The normalized spacial score (nSPS) is 11.0. The second-order valence-corrected chi connectivity index (χ2v) is 7.33. The van der Waals surface area contributed by atoms with E-state index < -0.39 is 0 Å². The molecule has 0 N–H and O–H groups in total. The van der Waals surface area contributed by atoms with E-state index in [9.17, 15) is 0 Å². The van der Waals surface area contributed by atoms with E-state index in [1.54, 1.807) is 0 Å². The molecule has 2 aromatic rings. The first-order valence-corrected chi connectivity index (χ1v) is 9.75. The van der Waals surface area contributed by atoms with Crippen molar-refractivity contribution in [3.8, 4) is 11.1 Å². The minimum absolute atomic E-state index is 0.937. The molecule has 0 heterocycles. The molecule has 2 aromatic carbocycles. The molecule has 0 saturated heterocycles. The van der Waals surface area contributed by atoms with Crippen LogP contribution in [0.25, 0.3) is 11.1 Å². The lowest BCUT2D eigenvalue weighted by Crippen LogP contribution is -2.00. The van der Waals surface area contributed by atoms with E-state index >= 15 is 0 Å².